The minimum Gasteiger partial charge on any atom is -0.373 e. The maximum atomic E-state index is 12.6. The van der Waals surface area contributed by atoms with E-state index >= 15 is 0 Å². The Labute approximate surface area is 117 Å². The van der Waals surface area contributed by atoms with Crippen LogP contribution in [0, 0.1) is 6.92 Å². The molecule has 1 aliphatic rings. The Balaban J connectivity index is 1.85. The van der Waals surface area contributed by atoms with Crippen LogP contribution in [0.2, 0.25) is 0 Å². The summed E-state index contributed by atoms with van der Waals surface area (Å²) in [5.41, 5.74) is 1.50. The van der Waals surface area contributed by atoms with Crippen molar-refractivity contribution in [3.8, 4) is 0 Å². The number of nitrogens with one attached hydrogen (secondary N) is 1. The molecule has 6 nitrogen and oxygen atoms in total. The molecule has 0 spiro atoms. The average Bonchev–Trinajstić information content (AvgIpc) is 2.93. The molecule has 0 aliphatic carbocycles. The third-order valence-corrected chi connectivity index (χ3v) is 3.49. The van der Waals surface area contributed by atoms with E-state index in [4.69, 9.17) is 0 Å². The van der Waals surface area contributed by atoms with Gasteiger partial charge in [0, 0.05) is 43.8 Å². The molecule has 3 rings (SSSR count). The number of rotatable bonds is 2. The van der Waals surface area contributed by atoms with Gasteiger partial charge < -0.3 is 14.8 Å². The number of hydrogen-bond acceptors (Lipinski definition) is 4. The first-order valence-electron chi connectivity index (χ1n) is 6.63. The Morgan fingerprint density at radius 2 is 2.20 bits per heavy atom. The van der Waals surface area contributed by atoms with Crippen LogP contribution >= 0.6 is 0 Å². The molecule has 1 amide bonds. The van der Waals surface area contributed by atoms with E-state index in [1.165, 1.54) is 0 Å². The Bertz CT molecular complexity index is 649. The lowest BCUT2D eigenvalue weighted by Crippen LogP contribution is -2.38. The molecule has 6 heteroatoms. The van der Waals surface area contributed by atoms with Crippen LogP contribution in [-0.4, -0.2) is 38.9 Å². The number of aryl methyl sites for hydroxylation is 1. The number of hydrogen-bond donors (Lipinski definition) is 1. The van der Waals surface area contributed by atoms with Gasteiger partial charge in [-0.25, -0.2) is 9.97 Å². The predicted octanol–water partition coefficient (Wildman–Crippen LogP) is 1.28. The maximum Gasteiger partial charge on any atom is 0.254 e. The highest BCUT2D eigenvalue weighted by Gasteiger charge is 2.22. The third kappa shape index (κ3) is 2.24. The average molecular weight is 271 g/mol. The first kappa shape index (κ1) is 12.7. The fourth-order valence-corrected chi connectivity index (χ4v) is 2.45. The minimum atomic E-state index is 0.0289. The molecule has 3 heterocycles. The molecule has 2 aromatic rings. The number of pyridine rings is 1. The maximum absolute atomic E-state index is 12.6. The number of amides is 1. The van der Waals surface area contributed by atoms with Gasteiger partial charge in [-0.2, -0.15) is 0 Å². The molecule has 0 radical (unpaired) electrons. The molecule has 0 bridgehead atoms. The summed E-state index contributed by atoms with van der Waals surface area (Å²) in [5.74, 6) is 1.68. The number of imidazole rings is 1. The normalized spacial score (nSPS) is 14.0. The monoisotopic (exact) mass is 271 g/mol. The molecule has 0 unspecified atom stereocenters. The van der Waals surface area contributed by atoms with Crippen molar-refractivity contribution >= 4 is 11.7 Å². The molecule has 20 heavy (non-hydrogen) atoms. The van der Waals surface area contributed by atoms with Gasteiger partial charge in [-0.05, 0) is 19.1 Å². The summed E-state index contributed by atoms with van der Waals surface area (Å²) in [4.78, 5) is 23.0. The fourth-order valence-electron chi connectivity index (χ4n) is 2.45. The molecule has 1 aliphatic heterocycles. The molecular weight excluding hydrogens is 254 g/mol. The van der Waals surface area contributed by atoms with Crippen molar-refractivity contribution < 1.29 is 4.79 Å². The Hall–Kier alpha value is -2.37. The van der Waals surface area contributed by atoms with Gasteiger partial charge in [0.05, 0.1) is 6.54 Å². The van der Waals surface area contributed by atoms with E-state index in [2.05, 4.69) is 19.9 Å². The van der Waals surface area contributed by atoms with Gasteiger partial charge in [-0.3, -0.25) is 4.79 Å². The van der Waals surface area contributed by atoms with E-state index in [1.807, 2.05) is 24.1 Å². The molecule has 0 saturated carbocycles. The zero-order valence-corrected chi connectivity index (χ0v) is 11.6. The lowest BCUT2D eigenvalue weighted by Gasteiger charge is -2.27. The van der Waals surface area contributed by atoms with Crippen molar-refractivity contribution in [2.24, 2.45) is 0 Å². The van der Waals surface area contributed by atoms with E-state index in [0.717, 1.165) is 18.1 Å². The quantitative estimate of drug-likeness (QED) is 0.894. The van der Waals surface area contributed by atoms with Crippen molar-refractivity contribution in [3.63, 3.8) is 0 Å². The molecule has 0 fully saturated rings. The van der Waals surface area contributed by atoms with E-state index in [0.29, 0.717) is 24.5 Å². The van der Waals surface area contributed by atoms with Crippen LogP contribution in [0.25, 0.3) is 0 Å². The summed E-state index contributed by atoms with van der Waals surface area (Å²) >= 11 is 0. The highest BCUT2D eigenvalue weighted by atomic mass is 16.2. The lowest BCUT2D eigenvalue weighted by atomic mass is 10.2. The van der Waals surface area contributed by atoms with Crippen LogP contribution in [0.3, 0.4) is 0 Å². The highest BCUT2D eigenvalue weighted by molar-refractivity contribution is 5.95. The van der Waals surface area contributed by atoms with Gasteiger partial charge in [0.15, 0.2) is 0 Å². The summed E-state index contributed by atoms with van der Waals surface area (Å²) in [6.07, 6.45) is 3.73. The Kier molecular flexibility index (Phi) is 3.14. The first-order valence-corrected chi connectivity index (χ1v) is 6.63. The van der Waals surface area contributed by atoms with Gasteiger partial charge in [-0.1, -0.05) is 0 Å². The van der Waals surface area contributed by atoms with Crippen molar-refractivity contribution in [1.82, 2.24) is 19.4 Å². The number of carbonyl (C=O) groups is 1. The zero-order valence-electron chi connectivity index (χ0n) is 11.6. The standard InChI is InChI=1S/C14H17N5O/c1-10-7-11(8-12(15-2)17-10)14(20)19-6-5-18-4-3-16-13(18)9-19/h3-4,7-8H,5-6,9H2,1-2H3,(H,15,17). The molecular formula is C14H17N5O. The van der Waals surface area contributed by atoms with Crippen LogP contribution < -0.4 is 5.32 Å². The molecule has 0 aromatic carbocycles. The van der Waals surface area contributed by atoms with Crippen LogP contribution in [0.5, 0.6) is 0 Å². The van der Waals surface area contributed by atoms with Crippen molar-refractivity contribution in [2.45, 2.75) is 20.0 Å². The largest absolute Gasteiger partial charge is 0.373 e. The highest BCUT2D eigenvalue weighted by Crippen LogP contribution is 2.16. The molecule has 0 atom stereocenters. The van der Waals surface area contributed by atoms with E-state index in [-0.39, 0.29) is 5.91 Å². The first-order chi connectivity index (χ1) is 9.67. The van der Waals surface area contributed by atoms with Crippen molar-refractivity contribution in [2.75, 3.05) is 18.9 Å². The summed E-state index contributed by atoms with van der Waals surface area (Å²) in [7, 11) is 1.80. The van der Waals surface area contributed by atoms with E-state index in [9.17, 15) is 4.79 Å². The van der Waals surface area contributed by atoms with Gasteiger partial charge in [-0.15, -0.1) is 0 Å². The molecule has 2 aromatic heterocycles. The number of nitrogens with zero attached hydrogens (tertiary/aromatic N) is 4. The smallest absolute Gasteiger partial charge is 0.254 e. The van der Waals surface area contributed by atoms with Crippen LogP contribution in [0.1, 0.15) is 21.9 Å². The SMILES string of the molecule is CNc1cc(C(=O)N2CCn3ccnc3C2)cc(C)n1. The summed E-state index contributed by atoms with van der Waals surface area (Å²) in [5, 5.41) is 2.98. The van der Waals surface area contributed by atoms with Crippen LogP contribution in [0.4, 0.5) is 5.82 Å². The molecule has 0 saturated heterocycles. The number of carbonyl (C=O) groups excluding carboxylic acids is 1. The fraction of sp³-hybridized carbons (Fsp3) is 0.357. The zero-order chi connectivity index (χ0) is 14.1. The number of fused-ring (bicyclic) bond motifs is 1. The lowest BCUT2D eigenvalue weighted by molar-refractivity contribution is 0.0707. The Morgan fingerprint density at radius 3 is 3.00 bits per heavy atom. The predicted molar refractivity (Wildman–Crippen MR) is 75.5 cm³/mol. The second kappa shape index (κ2) is 4.96. The topological polar surface area (TPSA) is 63.1 Å². The summed E-state index contributed by atoms with van der Waals surface area (Å²) in [6.45, 7) is 3.95. The summed E-state index contributed by atoms with van der Waals surface area (Å²) in [6, 6.07) is 3.61. The Morgan fingerprint density at radius 1 is 1.35 bits per heavy atom. The van der Waals surface area contributed by atoms with Gasteiger partial charge in [0.2, 0.25) is 0 Å². The third-order valence-electron chi connectivity index (χ3n) is 3.49. The number of anilines is 1. The minimum absolute atomic E-state index is 0.0289. The molecule has 1 N–H and O–H groups in total. The van der Waals surface area contributed by atoms with E-state index in [1.54, 1.807) is 19.3 Å². The van der Waals surface area contributed by atoms with E-state index < -0.39 is 0 Å². The van der Waals surface area contributed by atoms with Crippen molar-refractivity contribution in [3.05, 3.63) is 41.6 Å². The van der Waals surface area contributed by atoms with Crippen molar-refractivity contribution in [1.29, 1.82) is 0 Å². The van der Waals surface area contributed by atoms with Gasteiger partial charge in [0.1, 0.15) is 11.6 Å². The molecule has 104 valence electrons. The second-order valence-corrected chi connectivity index (χ2v) is 4.90. The van der Waals surface area contributed by atoms with Gasteiger partial charge in [0.25, 0.3) is 5.91 Å². The van der Waals surface area contributed by atoms with Crippen LogP contribution in [-0.2, 0) is 13.1 Å². The second-order valence-electron chi connectivity index (χ2n) is 4.90. The van der Waals surface area contributed by atoms with Gasteiger partial charge >= 0.3 is 0 Å². The number of aromatic nitrogens is 3. The summed E-state index contributed by atoms with van der Waals surface area (Å²) < 4.78 is 2.08. The van der Waals surface area contributed by atoms with Crippen LogP contribution in [0.15, 0.2) is 24.5 Å².